The maximum Gasteiger partial charge on any atom is 0.119 e. The SMILES string of the molecule is CCCOc1ccc(C(C)NCc2ccncc2C)cc1. The minimum atomic E-state index is 0.304. The van der Waals surface area contributed by atoms with Crippen LogP contribution >= 0.6 is 0 Å². The summed E-state index contributed by atoms with van der Waals surface area (Å²) in [6.07, 6.45) is 4.78. The van der Waals surface area contributed by atoms with Crippen molar-refractivity contribution < 1.29 is 4.74 Å². The van der Waals surface area contributed by atoms with Gasteiger partial charge in [-0.2, -0.15) is 0 Å². The van der Waals surface area contributed by atoms with E-state index in [1.807, 2.05) is 24.5 Å². The fourth-order valence-corrected chi connectivity index (χ4v) is 2.15. The molecular formula is C18H24N2O. The van der Waals surface area contributed by atoms with Gasteiger partial charge < -0.3 is 10.1 Å². The molecule has 0 fully saturated rings. The molecule has 0 aliphatic carbocycles. The standard InChI is InChI=1S/C18H24N2O/c1-4-11-21-18-7-5-16(6-8-18)15(3)20-13-17-9-10-19-12-14(17)2/h5-10,12,15,20H,4,11,13H2,1-3H3. The number of benzene rings is 1. The number of hydrogen-bond acceptors (Lipinski definition) is 3. The average molecular weight is 284 g/mol. The van der Waals surface area contributed by atoms with Crippen molar-refractivity contribution in [3.05, 3.63) is 59.4 Å². The van der Waals surface area contributed by atoms with Crippen LogP contribution < -0.4 is 10.1 Å². The predicted molar refractivity (Wildman–Crippen MR) is 86.5 cm³/mol. The van der Waals surface area contributed by atoms with Crippen molar-refractivity contribution in [3.63, 3.8) is 0 Å². The average Bonchev–Trinajstić information content (AvgIpc) is 2.52. The lowest BCUT2D eigenvalue weighted by Gasteiger charge is -2.16. The van der Waals surface area contributed by atoms with Gasteiger partial charge in [0, 0.05) is 25.0 Å². The van der Waals surface area contributed by atoms with Crippen molar-refractivity contribution in [2.45, 2.75) is 39.8 Å². The van der Waals surface area contributed by atoms with Crippen LogP contribution in [0, 0.1) is 6.92 Å². The molecule has 1 atom stereocenters. The topological polar surface area (TPSA) is 34.1 Å². The highest BCUT2D eigenvalue weighted by molar-refractivity contribution is 5.29. The van der Waals surface area contributed by atoms with E-state index >= 15 is 0 Å². The molecule has 3 heteroatoms. The number of aromatic nitrogens is 1. The Kier molecular flexibility index (Phi) is 5.76. The second-order valence-corrected chi connectivity index (χ2v) is 5.32. The third-order valence-corrected chi connectivity index (χ3v) is 3.59. The number of hydrogen-bond donors (Lipinski definition) is 1. The van der Waals surface area contributed by atoms with Gasteiger partial charge in [0.25, 0.3) is 0 Å². The van der Waals surface area contributed by atoms with Crippen LogP contribution in [0.25, 0.3) is 0 Å². The summed E-state index contributed by atoms with van der Waals surface area (Å²) in [5.41, 5.74) is 3.78. The van der Waals surface area contributed by atoms with E-state index < -0.39 is 0 Å². The summed E-state index contributed by atoms with van der Waals surface area (Å²) in [5.74, 6) is 0.942. The zero-order valence-corrected chi connectivity index (χ0v) is 13.1. The maximum absolute atomic E-state index is 5.61. The molecule has 0 saturated carbocycles. The van der Waals surface area contributed by atoms with Crippen molar-refractivity contribution in [3.8, 4) is 5.75 Å². The van der Waals surface area contributed by atoms with E-state index in [-0.39, 0.29) is 0 Å². The minimum absolute atomic E-state index is 0.304. The van der Waals surface area contributed by atoms with Crippen LogP contribution in [0.2, 0.25) is 0 Å². The number of nitrogens with one attached hydrogen (secondary N) is 1. The number of rotatable bonds is 7. The maximum atomic E-state index is 5.61. The Morgan fingerprint density at radius 3 is 2.62 bits per heavy atom. The van der Waals surface area contributed by atoms with Crippen LogP contribution in [0.5, 0.6) is 5.75 Å². The number of pyridine rings is 1. The molecule has 1 heterocycles. The highest BCUT2D eigenvalue weighted by atomic mass is 16.5. The Morgan fingerprint density at radius 2 is 1.95 bits per heavy atom. The molecular weight excluding hydrogens is 260 g/mol. The fraction of sp³-hybridized carbons (Fsp3) is 0.389. The summed E-state index contributed by atoms with van der Waals surface area (Å²) < 4.78 is 5.61. The van der Waals surface area contributed by atoms with Gasteiger partial charge in [0.15, 0.2) is 0 Å². The molecule has 0 amide bonds. The Bertz CT molecular complexity index is 551. The van der Waals surface area contributed by atoms with Gasteiger partial charge in [0.2, 0.25) is 0 Å². The summed E-state index contributed by atoms with van der Waals surface area (Å²) in [6, 6.07) is 10.7. The first-order valence-corrected chi connectivity index (χ1v) is 7.56. The van der Waals surface area contributed by atoms with E-state index in [1.54, 1.807) is 0 Å². The van der Waals surface area contributed by atoms with E-state index in [4.69, 9.17) is 4.74 Å². The van der Waals surface area contributed by atoms with Gasteiger partial charge in [-0.15, -0.1) is 0 Å². The van der Waals surface area contributed by atoms with Crippen molar-refractivity contribution in [2.75, 3.05) is 6.61 Å². The molecule has 112 valence electrons. The minimum Gasteiger partial charge on any atom is -0.494 e. The molecule has 2 aromatic rings. The predicted octanol–water partition coefficient (Wildman–Crippen LogP) is 4.03. The van der Waals surface area contributed by atoms with Crippen molar-refractivity contribution in [1.29, 1.82) is 0 Å². The number of nitrogens with zero attached hydrogens (tertiary/aromatic N) is 1. The van der Waals surface area contributed by atoms with E-state index in [0.29, 0.717) is 6.04 Å². The van der Waals surface area contributed by atoms with Crippen molar-refractivity contribution in [1.82, 2.24) is 10.3 Å². The number of aryl methyl sites for hydroxylation is 1. The second kappa shape index (κ2) is 7.79. The lowest BCUT2D eigenvalue weighted by atomic mass is 10.1. The van der Waals surface area contributed by atoms with Gasteiger partial charge in [0.05, 0.1) is 6.61 Å². The van der Waals surface area contributed by atoms with Gasteiger partial charge in [-0.1, -0.05) is 19.1 Å². The first kappa shape index (κ1) is 15.5. The normalized spacial score (nSPS) is 12.1. The summed E-state index contributed by atoms with van der Waals surface area (Å²) in [4.78, 5) is 4.12. The Labute approximate surface area is 127 Å². The Morgan fingerprint density at radius 1 is 1.19 bits per heavy atom. The van der Waals surface area contributed by atoms with Crippen LogP contribution in [0.3, 0.4) is 0 Å². The Balaban J connectivity index is 1.91. The monoisotopic (exact) mass is 284 g/mol. The summed E-state index contributed by atoms with van der Waals surface area (Å²) in [5, 5.41) is 3.55. The lowest BCUT2D eigenvalue weighted by molar-refractivity contribution is 0.317. The molecule has 21 heavy (non-hydrogen) atoms. The van der Waals surface area contributed by atoms with Crippen LogP contribution in [0.15, 0.2) is 42.7 Å². The molecule has 0 aliphatic heterocycles. The first-order chi connectivity index (χ1) is 10.2. The van der Waals surface area contributed by atoms with E-state index in [9.17, 15) is 0 Å². The molecule has 2 rings (SSSR count). The molecule has 1 aromatic heterocycles. The fourth-order valence-electron chi connectivity index (χ4n) is 2.15. The smallest absolute Gasteiger partial charge is 0.119 e. The van der Waals surface area contributed by atoms with Gasteiger partial charge in [-0.05, 0) is 55.2 Å². The molecule has 0 bridgehead atoms. The van der Waals surface area contributed by atoms with Crippen LogP contribution in [0.1, 0.15) is 43.0 Å². The largest absolute Gasteiger partial charge is 0.494 e. The molecule has 0 radical (unpaired) electrons. The molecule has 1 unspecified atom stereocenters. The third-order valence-electron chi connectivity index (χ3n) is 3.59. The molecule has 0 aliphatic rings. The lowest BCUT2D eigenvalue weighted by Crippen LogP contribution is -2.18. The van der Waals surface area contributed by atoms with Gasteiger partial charge in [-0.25, -0.2) is 0 Å². The van der Waals surface area contributed by atoms with E-state index in [0.717, 1.165) is 25.3 Å². The quantitative estimate of drug-likeness (QED) is 0.833. The van der Waals surface area contributed by atoms with Crippen LogP contribution in [-0.4, -0.2) is 11.6 Å². The zero-order valence-electron chi connectivity index (χ0n) is 13.1. The molecule has 1 N–H and O–H groups in total. The van der Waals surface area contributed by atoms with Crippen molar-refractivity contribution >= 4 is 0 Å². The van der Waals surface area contributed by atoms with Crippen molar-refractivity contribution in [2.24, 2.45) is 0 Å². The first-order valence-electron chi connectivity index (χ1n) is 7.56. The van der Waals surface area contributed by atoms with E-state index in [1.165, 1.54) is 16.7 Å². The number of ether oxygens (including phenoxy) is 1. The highest BCUT2D eigenvalue weighted by Gasteiger charge is 2.06. The van der Waals surface area contributed by atoms with Crippen LogP contribution in [0.4, 0.5) is 0 Å². The van der Waals surface area contributed by atoms with Crippen LogP contribution in [-0.2, 0) is 6.54 Å². The Hall–Kier alpha value is -1.87. The second-order valence-electron chi connectivity index (χ2n) is 5.32. The molecule has 3 nitrogen and oxygen atoms in total. The summed E-state index contributed by atoms with van der Waals surface area (Å²) in [7, 11) is 0. The van der Waals surface area contributed by atoms with Gasteiger partial charge in [-0.3, -0.25) is 4.98 Å². The zero-order chi connectivity index (χ0) is 15.1. The molecule has 1 aromatic carbocycles. The third kappa shape index (κ3) is 4.57. The highest BCUT2D eigenvalue weighted by Crippen LogP contribution is 2.18. The summed E-state index contributed by atoms with van der Waals surface area (Å²) in [6.45, 7) is 8.01. The molecule has 0 spiro atoms. The van der Waals surface area contributed by atoms with Gasteiger partial charge >= 0.3 is 0 Å². The van der Waals surface area contributed by atoms with E-state index in [2.05, 4.69) is 49.3 Å². The summed E-state index contributed by atoms with van der Waals surface area (Å²) >= 11 is 0. The molecule has 0 saturated heterocycles. The van der Waals surface area contributed by atoms with Gasteiger partial charge in [0.1, 0.15) is 5.75 Å².